The lowest BCUT2D eigenvalue weighted by Crippen LogP contribution is -2.29. The molecule has 0 fully saturated rings. The zero-order valence-electron chi connectivity index (χ0n) is 38.1. The van der Waals surface area contributed by atoms with E-state index in [1.54, 1.807) is 0 Å². The van der Waals surface area contributed by atoms with Crippen LogP contribution >= 0.6 is 11.9 Å². The first-order valence-corrected chi connectivity index (χ1v) is 25.3. The molecule has 0 saturated carbocycles. The van der Waals surface area contributed by atoms with Crippen LogP contribution in [0, 0.1) is 5.92 Å². The van der Waals surface area contributed by atoms with Crippen LogP contribution in [-0.2, 0) is 19.1 Å². The number of rotatable bonds is 44. The fourth-order valence-corrected chi connectivity index (χ4v) is 7.79. The van der Waals surface area contributed by atoms with Crippen molar-refractivity contribution in [1.82, 2.24) is 9.62 Å². The summed E-state index contributed by atoms with van der Waals surface area (Å²) in [5.41, 5.74) is 0. The molecule has 0 radical (unpaired) electrons. The second-order valence-corrected chi connectivity index (χ2v) is 17.4. The number of hydrogen-bond acceptors (Lipinski definition) is 7. The number of carbonyl (C=O) groups excluding carboxylic acids is 2. The summed E-state index contributed by atoms with van der Waals surface area (Å²) < 4.78 is 14.2. The van der Waals surface area contributed by atoms with E-state index in [0.29, 0.717) is 19.5 Å². The Balaban J connectivity index is 0. The van der Waals surface area contributed by atoms with E-state index < -0.39 is 0 Å². The Bertz CT molecular complexity index is 721. The molecule has 0 aromatic heterocycles. The summed E-state index contributed by atoms with van der Waals surface area (Å²) in [6, 6.07) is 0. The molecule has 0 bridgehead atoms. The minimum Gasteiger partial charge on any atom is -0.468 e. The van der Waals surface area contributed by atoms with E-state index in [9.17, 15) is 9.59 Å². The summed E-state index contributed by atoms with van der Waals surface area (Å²) in [5, 5.41) is 0. The van der Waals surface area contributed by atoms with E-state index in [1.165, 1.54) is 187 Å². The highest BCUT2D eigenvalue weighted by Gasteiger charge is 2.14. The van der Waals surface area contributed by atoms with Gasteiger partial charge >= 0.3 is 5.97 Å². The van der Waals surface area contributed by atoms with Crippen molar-refractivity contribution < 1.29 is 19.1 Å². The van der Waals surface area contributed by atoms with E-state index >= 15 is 0 Å². The molecule has 0 spiro atoms. The predicted molar refractivity (Wildman–Crippen MR) is 244 cm³/mol. The molecule has 7 heteroatoms. The van der Waals surface area contributed by atoms with Crippen LogP contribution in [0.15, 0.2) is 0 Å². The second kappa shape index (κ2) is 49.4. The molecule has 0 amide bonds. The molecule has 0 unspecified atom stereocenters. The molecule has 0 atom stereocenters. The van der Waals surface area contributed by atoms with Crippen molar-refractivity contribution in [2.24, 2.45) is 5.92 Å². The van der Waals surface area contributed by atoms with E-state index in [4.69, 9.17) is 9.47 Å². The van der Waals surface area contributed by atoms with Gasteiger partial charge in [-0.05, 0) is 83.3 Å². The van der Waals surface area contributed by atoms with Crippen molar-refractivity contribution in [3.63, 3.8) is 0 Å². The maximum atomic E-state index is 12.6. The molecule has 0 rings (SSSR count). The first-order chi connectivity index (χ1) is 27.0. The van der Waals surface area contributed by atoms with Crippen LogP contribution in [0.2, 0.25) is 0 Å². The number of ether oxygens (including phenoxy) is 2. The highest BCUT2D eigenvalue weighted by Crippen LogP contribution is 2.20. The number of nitrogens with zero attached hydrogens (tertiary/aromatic N) is 1. The lowest BCUT2D eigenvalue weighted by atomic mass is 9.93. The minimum absolute atomic E-state index is 0.0528. The standard InChI is InChI=1S/C36H74N2O2S.C12H24O2/c1-5-9-12-15-20-25-32-38(34-27-31-37-41-8-4)33-26-21-16-19-24-30-36(39)40-35(28-22-17-13-10-6-2)29-23-18-14-11-7-3;1-3-5-7-12(8-6-4-2)9-10-14-11-13/h35,37H,5-34H2,1-4H3;11-12H,3-10H2,1-2H3. The molecule has 1 N–H and O–H groups in total. The molecule has 0 aliphatic carbocycles. The van der Waals surface area contributed by atoms with Gasteiger partial charge in [-0.25, -0.2) is 0 Å². The van der Waals surface area contributed by atoms with E-state index in [1.807, 2.05) is 11.9 Å². The Morgan fingerprint density at radius 2 is 1.00 bits per heavy atom. The third-order valence-electron chi connectivity index (χ3n) is 10.9. The van der Waals surface area contributed by atoms with E-state index in [0.717, 1.165) is 50.3 Å². The fraction of sp³-hybridized carbons (Fsp3) is 0.958. The third kappa shape index (κ3) is 45.8. The summed E-state index contributed by atoms with van der Waals surface area (Å²) >= 11 is 1.83. The van der Waals surface area contributed by atoms with Crippen molar-refractivity contribution in [1.29, 1.82) is 0 Å². The van der Waals surface area contributed by atoms with Crippen LogP contribution in [-0.4, -0.2) is 62.0 Å². The third-order valence-corrected chi connectivity index (χ3v) is 11.6. The van der Waals surface area contributed by atoms with Crippen molar-refractivity contribution in [3.05, 3.63) is 0 Å². The average molecular weight is 799 g/mol. The topological polar surface area (TPSA) is 67.9 Å². The Morgan fingerprint density at radius 3 is 1.49 bits per heavy atom. The molecule has 6 nitrogen and oxygen atoms in total. The molecule has 0 aromatic carbocycles. The lowest BCUT2D eigenvalue weighted by Gasteiger charge is -2.22. The highest BCUT2D eigenvalue weighted by atomic mass is 32.2. The lowest BCUT2D eigenvalue weighted by molar-refractivity contribution is -0.150. The fourth-order valence-electron chi connectivity index (χ4n) is 7.29. The Kier molecular flexibility index (Phi) is 50.5. The summed E-state index contributed by atoms with van der Waals surface area (Å²) in [6.45, 7) is 19.4. The van der Waals surface area contributed by atoms with Crippen molar-refractivity contribution in [3.8, 4) is 0 Å². The van der Waals surface area contributed by atoms with Crippen LogP contribution in [0.1, 0.15) is 247 Å². The molecule has 0 aliphatic rings. The number of carbonyl (C=O) groups is 2. The van der Waals surface area contributed by atoms with Gasteiger partial charge in [0.25, 0.3) is 6.47 Å². The number of hydrogen-bond donors (Lipinski definition) is 1. The average Bonchev–Trinajstić information content (AvgIpc) is 3.19. The first kappa shape index (κ1) is 56.3. The van der Waals surface area contributed by atoms with Gasteiger partial charge in [0, 0.05) is 18.7 Å². The van der Waals surface area contributed by atoms with Crippen molar-refractivity contribution in [2.45, 2.75) is 253 Å². The molecule has 0 aliphatic heterocycles. The Labute approximate surface area is 349 Å². The van der Waals surface area contributed by atoms with Crippen molar-refractivity contribution in [2.75, 3.05) is 38.5 Å². The van der Waals surface area contributed by atoms with Crippen LogP contribution in [0.4, 0.5) is 0 Å². The van der Waals surface area contributed by atoms with Crippen LogP contribution in [0.25, 0.3) is 0 Å². The van der Waals surface area contributed by atoms with Crippen molar-refractivity contribution >= 4 is 24.4 Å². The van der Waals surface area contributed by atoms with Gasteiger partial charge < -0.3 is 14.4 Å². The zero-order chi connectivity index (χ0) is 40.7. The largest absolute Gasteiger partial charge is 0.468 e. The molecular formula is C48H98N2O4S. The second-order valence-electron chi connectivity index (χ2n) is 16.2. The summed E-state index contributed by atoms with van der Waals surface area (Å²) in [4.78, 5) is 25.3. The SMILES string of the molecule is CCCCC(CCCC)CCOC=O.CCCCCCCCN(CCCCCCCC(=O)OC(CCCCCCC)CCCCCCC)CCCNSCC. The molecule has 55 heavy (non-hydrogen) atoms. The smallest absolute Gasteiger partial charge is 0.306 e. The number of esters is 1. The quantitative estimate of drug-likeness (QED) is 0.0285. The monoisotopic (exact) mass is 799 g/mol. The van der Waals surface area contributed by atoms with Gasteiger partial charge in [0.2, 0.25) is 0 Å². The summed E-state index contributed by atoms with van der Waals surface area (Å²) in [6.07, 6.45) is 39.9. The Hall–Kier alpha value is -0.790. The zero-order valence-corrected chi connectivity index (χ0v) is 38.9. The van der Waals surface area contributed by atoms with Crippen LogP contribution in [0.3, 0.4) is 0 Å². The highest BCUT2D eigenvalue weighted by molar-refractivity contribution is 7.97. The van der Waals surface area contributed by atoms with Gasteiger partial charge in [-0.2, -0.15) is 0 Å². The molecule has 0 aromatic rings. The van der Waals surface area contributed by atoms with Gasteiger partial charge in [0.05, 0.1) is 6.61 Å². The first-order valence-electron chi connectivity index (χ1n) is 24.3. The summed E-state index contributed by atoms with van der Waals surface area (Å²) in [5.74, 6) is 1.95. The molecular weight excluding hydrogens is 701 g/mol. The maximum Gasteiger partial charge on any atom is 0.306 e. The minimum atomic E-state index is 0.0528. The van der Waals surface area contributed by atoms with Crippen LogP contribution < -0.4 is 4.72 Å². The van der Waals surface area contributed by atoms with Gasteiger partial charge in [0.15, 0.2) is 0 Å². The van der Waals surface area contributed by atoms with Crippen LogP contribution in [0.5, 0.6) is 0 Å². The molecule has 0 heterocycles. The van der Waals surface area contributed by atoms with Gasteiger partial charge in [0.1, 0.15) is 6.10 Å². The number of unbranched alkanes of at least 4 members (excludes halogenated alkanes) is 19. The number of nitrogens with one attached hydrogen (secondary N) is 1. The van der Waals surface area contributed by atoms with E-state index in [-0.39, 0.29) is 12.1 Å². The van der Waals surface area contributed by atoms with Gasteiger partial charge in [-0.1, -0.05) is 195 Å². The van der Waals surface area contributed by atoms with E-state index in [2.05, 4.69) is 51.2 Å². The van der Waals surface area contributed by atoms with Gasteiger partial charge in [-0.3, -0.25) is 14.3 Å². The maximum absolute atomic E-state index is 12.6. The predicted octanol–water partition coefficient (Wildman–Crippen LogP) is 14.8. The summed E-state index contributed by atoms with van der Waals surface area (Å²) in [7, 11) is 0. The normalized spacial score (nSPS) is 11.4. The molecule has 330 valence electrons. The molecule has 0 saturated heterocycles. The van der Waals surface area contributed by atoms with Gasteiger partial charge in [-0.15, -0.1) is 0 Å². The Morgan fingerprint density at radius 1 is 0.545 bits per heavy atom.